The first-order valence-corrected chi connectivity index (χ1v) is 18.9. The normalized spacial score (nSPS) is 16.8. The SMILES string of the molecule is CC(C)C[C@H](NC(=O)[C@@H](NC(=O)[C@H](CCCNC(=N)N)NC(=O)[C@@H]1CCCN1C(=O)[C@@H](N)Cc1ccccc1)C(C)C)C(=O)N[C@@H](CCCCN)C(=O)O. The number of carboxylic acids is 1. The van der Waals surface area contributed by atoms with Crippen molar-refractivity contribution in [2.24, 2.45) is 29.0 Å². The van der Waals surface area contributed by atoms with E-state index in [1.165, 1.54) is 4.90 Å². The van der Waals surface area contributed by atoms with Crippen LogP contribution in [0.4, 0.5) is 0 Å². The zero-order valence-corrected chi connectivity index (χ0v) is 32.1. The molecule has 0 radical (unpaired) electrons. The van der Waals surface area contributed by atoms with Crippen LogP contribution in [0.5, 0.6) is 0 Å². The second-order valence-corrected chi connectivity index (χ2v) is 14.6. The average molecular weight is 759 g/mol. The number of guanidine groups is 1. The van der Waals surface area contributed by atoms with Gasteiger partial charge in [0.15, 0.2) is 5.96 Å². The number of hydrogen-bond donors (Lipinski definition) is 10. The second-order valence-electron chi connectivity index (χ2n) is 14.6. The molecule has 17 heteroatoms. The number of nitrogens with one attached hydrogen (secondary N) is 6. The minimum absolute atomic E-state index is 0.0493. The smallest absolute Gasteiger partial charge is 0.326 e. The summed E-state index contributed by atoms with van der Waals surface area (Å²) in [7, 11) is 0. The van der Waals surface area contributed by atoms with Crippen molar-refractivity contribution in [1.82, 2.24) is 31.5 Å². The third-order valence-electron chi connectivity index (χ3n) is 9.22. The largest absolute Gasteiger partial charge is 0.480 e. The highest BCUT2D eigenvalue weighted by Crippen LogP contribution is 2.20. The summed E-state index contributed by atoms with van der Waals surface area (Å²) in [4.78, 5) is 81.3. The van der Waals surface area contributed by atoms with Gasteiger partial charge in [-0.25, -0.2) is 4.79 Å². The molecule has 2 rings (SSSR count). The summed E-state index contributed by atoms with van der Waals surface area (Å²) in [6.07, 6.45) is 3.14. The Labute approximate surface area is 318 Å². The zero-order valence-electron chi connectivity index (χ0n) is 32.1. The summed E-state index contributed by atoms with van der Waals surface area (Å²) in [6, 6.07) is 3.09. The Bertz CT molecular complexity index is 1410. The summed E-state index contributed by atoms with van der Waals surface area (Å²) in [5.74, 6) is -4.84. The fourth-order valence-corrected chi connectivity index (χ4v) is 6.31. The highest BCUT2D eigenvalue weighted by atomic mass is 16.4. The standard InChI is InChI=1S/C37H62N10O7/c1-22(2)20-28(32(49)44-27(36(53)54)14-8-9-17-38)45-34(51)30(23(3)4)46-31(48)26(15-10-18-42-37(40)41)43-33(50)29-16-11-19-47(29)35(52)25(39)21-24-12-6-5-7-13-24/h5-7,12-13,22-23,25-30H,8-11,14-21,38-39H2,1-4H3,(H,43,50)(H,44,49)(H,45,51)(H,46,48)(H,53,54)(H4,40,41,42)/t25-,26-,27-,28-,29-,30-/m0/s1. The number of amides is 5. The van der Waals surface area contributed by atoms with Crippen molar-refractivity contribution in [2.45, 2.75) is 122 Å². The van der Waals surface area contributed by atoms with Gasteiger partial charge in [-0.05, 0) is 81.7 Å². The molecule has 6 atom stereocenters. The van der Waals surface area contributed by atoms with Gasteiger partial charge < -0.3 is 53.8 Å². The predicted molar refractivity (Wildman–Crippen MR) is 205 cm³/mol. The molecule has 0 spiro atoms. The molecule has 0 aliphatic carbocycles. The maximum atomic E-state index is 13.9. The van der Waals surface area contributed by atoms with E-state index in [-0.39, 0.29) is 43.6 Å². The van der Waals surface area contributed by atoms with Gasteiger partial charge in [0, 0.05) is 13.1 Å². The molecule has 13 N–H and O–H groups in total. The number of carboxylic acid groups (broad SMARTS) is 1. The summed E-state index contributed by atoms with van der Waals surface area (Å²) >= 11 is 0. The van der Waals surface area contributed by atoms with Gasteiger partial charge in [0.05, 0.1) is 6.04 Å². The van der Waals surface area contributed by atoms with E-state index < -0.39 is 71.8 Å². The van der Waals surface area contributed by atoms with Gasteiger partial charge in [-0.3, -0.25) is 29.4 Å². The molecule has 1 fully saturated rings. The molecule has 1 aliphatic heterocycles. The average Bonchev–Trinajstić information content (AvgIpc) is 3.61. The van der Waals surface area contributed by atoms with E-state index in [2.05, 4.69) is 26.6 Å². The van der Waals surface area contributed by atoms with E-state index in [0.29, 0.717) is 51.6 Å². The molecule has 1 heterocycles. The Morgan fingerprint density at radius 3 is 2.09 bits per heavy atom. The van der Waals surface area contributed by atoms with Crippen molar-refractivity contribution < 1.29 is 33.9 Å². The van der Waals surface area contributed by atoms with E-state index >= 15 is 0 Å². The van der Waals surface area contributed by atoms with Gasteiger partial charge in [0.1, 0.15) is 30.2 Å². The van der Waals surface area contributed by atoms with E-state index in [0.717, 1.165) is 5.56 Å². The van der Waals surface area contributed by atoms with E-state index in [1.54, 1.807) is 13.8 Å². The van der Waals surface area contributed by atoms with Crippen molar-refractivity contribution in [3.8, 4) is 0 Å². The topological polar surface area (TPSA) is 288 Å². The fourth-order valence-electron chi connectivity index (χ4n) is 6.31. The number of nitrogens with two attached hydrogens (primary N) is 3. The number of hydrogen-bond acceptors (Lipinski definition) is 9. The Morgan fingerprint density at radius 2 is 1.50 bits per heavy atom. The molecular formula is C37H62N10O7. The van der Waals surface area contributed by atoms with Crippen LogP contribution in [-0.2, 0) is 35.2 Å². The van der Waals surface area contributed by atoms with Crippen LogP contribution < -0.4 is 43.8 Å². The lowest BCUT2D eigenvalue weighted by molar-refractivity contribution is -0.142. The summed E-state index contributed by atoms with van der Waals surface area (Å²) in [5, 5.41) is 30.6. The van der Waals surface area contributed by atoms with Crippen molar-refractivity contribution >= 4 is 41.5 Å². The van der Waals surface area contributed by atoms with E-state index in [1.807, 2.05) is 44.2 Å². The number of carbonyl (C=O) groups is 6. The van der Waals surface area contributed by atoms with Crippen molar-refractivity contribution in [3.05, 3.63) is 35.9 Å². The molecule has 1 aromatic carbocycles. The first-order chi connectivity index (χ1) is 25.5. The molecule has 0 bridgehead atoms. The van der Waals surface area contributed by atoms with Crippen LogP contribution in [-0.4, -0.2) is 107 Å². The molecule has 1 aromatic rings. The monoisotopic (exact) mass is 758 g/mol. The minimum atomic E-state index is -1.20. The van der Waals surface area contributed by atoms with Gasteiger partial charge >= 0.3 is 5.97 Å². The lowest BCUT2D eigenvalue weighted by atomic mass is 9.98. The third kappa shape index (κ3) is 15.3. The Balaban J connectivity index is 2.22. The molecular weight excluding hydrogens is 696 g/mol. The van der Waals surface area contributed by atoms with Crippen LogP contribution in [0.25, 0.3) is 0 Å². The molecule has 54 heavy (non-hydrogen) atoms. The van der Waals surface area contributed by atoms with Crippen LogP contribution in [0.15, 0.2) is 30.3 Å². The lowest BCUT2D eigenvalue weighted by Crippen LogP contribution is -2.60. The van der Waals surface area contributed by atoms with E-state index in [9.17, 15) is 33.9 Å². The Kier molecular flexibility index (Phi) is 19.4. The van der Waals surface area contributed by atoms with E-state index in [4.69, 9.17) is 22.6 Å². The molecule has 17 nitrogen and oxygen atoms in total. The first kappa shape index (κ1) is 45.4. The first-order valence-electron chi connectivity index (χ1n) is 18.9. The van der Waals surface area contributed by atoms with Crippen molar-refractivity contribution in [2.75, 3.05) is 19.6 Å². The molecule has 1 aliphatic rings. The quantitative estimate of drug-likeness (QED) is 0.0392. The molecule has 302 valence electrons. The highest BCUT2D eigenvalue weighted by molar-refractivity contribution is 5.96. The van der Waals surface area contributed by atoms with Crippen molar-refractivity contribution in [1.29, 1.82) is 5.41 Å². The minimum Gasteiger partial charge on any atom is -0.480 e. The molecule has 1 saturated heterocycles. The predicted octanol–water partition coefficient (Wildman–Crippen LogP) is -0.334. The number of nitrogens with zero attached hydrogens (tertiary/aromatic N) is 1. The Hall–Kier alpha value is -4.77. The zero-order chi connectivity index (χ0) is 40.4. The van der Waals surface area contributed by atoms with Gasteiger partial charge in [-0.1, -0.05) is 58.0 Å². The summed E-state index contributed by atoms with van der Waals surface area (Å²) < 4.78 is 0. The van der Waals surface area contributed by atoms with Crippen LogP contribution in [0.3, 0.4) is 0 Å². The Morgan fingerprint density at radius 1 is 0.870 bits per heavy atom. The lowest BCUT2D eigenvalue weighted by Gasteiger charge is -2.30. The number of benzene rings is 1. The second kappa shape index (κ2) is 23.1. The summed E-state index contributed by atoms with van der Waals surface area (Å²) in [5.41, 5.74) is 18.1. The molecule has 0 unspecified atom stereocenters. The maximum Gasteiger partial charge on any atom is 0.326 e. The van der Waals surface area contributed by atoms with Gasteiger partial charge in [-0.15, -0.1) is 0 Å². The van der Waals surface area contributed by atoms with Crippen LogP contribution in [0.2, 0.25) is 0 Å². The highest BCUT2D eigenvalue weighted by Gasteiger charge is 2.38. The number of unbranched alkanes of at least 4 members (excludes halogenated alkanes) is 1. The number of likely N-dealkylation sites (tertiary alicyclic amines) is 1. The number of carbonyl (C=O) groups excluding carboxylic acids is 5. The van der Waals surface area contributed by atoms with Crippen LogP contribution in [0.1, 0.15) is 84.6 Å². The molecule has 0 aromatic heterocycles. The maximum absolute atomic E-state index is 13.9. The van der Waals surface area contributed by atoms with Gasteiger partial charge in [-0.2, -0.15) is 0 Å². The number of rotatable bonds is 23. The van der Waals surface area contributed by atoms with Crippen LogP contribution in [0, 0.1) is 17.2 Å². The number of aliphatic carboxylic acids is 1. The fraction of sp³-hybridized carbons (Fsp3) is 0.649. The third-order valence-corrected chi connectivity index (χ3v) is 9.22. The molecule has 5 amide bonds. The molecule has 0 saturated carbocycles. The summed E-state index contributed by atoms with van der Waals surface area (Å²) in [6.45, 7) is 8.09. The van der Waals surface area contributed by atoms with Crippen LogP contribution >= 0.6 is 0 Å². The van der Waals surface area contributed by atoms with Gasteiger partial charge in [0.2, 0.25) is 29.5 Å². The van der Waals surface area contributed by atoms with Crippen molar-refractivity contribution in [3.63, 3.8) is 0 Å². The van der Waals surface area contributed by atoms with Gasteiger partial charge in [0.25, 0.3) is 0 Å².